The van der Waals surface area contributed by atoms with Crippen LogP contribution in [0.15, 0.2) is 60.0 Å². The molecule has 9 heteroatoms. The summed E-state index contributed by atoms with van der Waals surface area (Å²) in [5, 5.41) is 0. The van der Waals surface area contributed by atoms with Crippen LogP contribution in [0.3, 0.4) is 0 Å². The van der Waals surface area contributed by atoms with Gasteiger partial charge < -0.3 is 9.47 Å². The molecule has 0 bridgehead atoms. The summed E-state index contributed by atoms with van der Waals surface area (Å²) in [6.45, 7) is 3.90. The van der Waals surface area contributed by atoms with Gasteiger partial charge in [-0.15, -0.1) is 0 Å². The van der Waals surface area contributed by atoms with Gasteiger partial charge in [-0.25, -0.2) is 13.3 Å². The van der Waals surface area contributed by atoms with Crippen molar-refractivity contribution in [2.45, 2.75) is 17.7 Å². The first-order valence-corrected chi connectivity index (χ1v) is 10.2. The van der Waals surface area contributed by atoms with Crippen molar-refractivity contribution in [3.8, 4) is 11.5 Å². The summed E-state index contributed by atoms with van der Waals surface area (Å²) in [5.74, 6) is 0.0127. The molecule has 1 N–H and O–H groups in total. The van der Waals surface area contributed by atoms with E-state index in [1.54, 1.807) is 30.3 Å². The molecule has 0 saturated carbocycles. The fourth-order valence-electron chi connectivity index (χ4n) is 2.85. The molecule has 0 spiro atoms. The number of ether oxygens (including phenoxy) is 2. The molecule has 1 fully saturated rings. The maximum atomic E-state index is 12.8. The molecule has 1 saturated heterocycles. The van der Waals surface area contributed by atoms with Crippen LogP contribution in [0.5, 0.6) is 11.5 Å². The van der Waals surface area contributed by atoms with Crippen LogP contribution in [-0.2, 0) is 19.6 Å². The van der Waals surface area contributed by atoms with Gasteiger partial charge in [0.05, 0.1) is 17.7 Å². The van der Waals surface area contributed by atoms with Crippen LogP contribution in [0.4, 0.5) is 11.4 Å². The molecule has 0 unspecified atom stereocenters. The van der Waals surface area contributed by atoms with Gasteiger partial charge in [0.2, 0.25) is 11.8 Å². The Morgan fingerprint density at radius 1 is 1.10 bits per heavy atom. The molecule has 2 aromatic rings. The van der Waals surface area contributed by atoms with Gasteiger partial charge >= 0.3 is 0 Å². The number of amides is 2. The Hall–Kier alpha value is -3.33. The number of anilines is 2. The quantitative estimate of drug-likeness (QED) is 0.524. The lowest BCUT2D eigenvalue weighted by molar-refractivity contribution is -0.121. The number of sulfonamides is 1. The highest BCUT2D eigenvalue weighted by atomic mass is 32.2. The summed E-state index contributed by atoms with van der Waals surface area (Å²) in [6.07, 6.45) is 1.77. The smallest absolute Gasteiger partial charge is 0.261 e. The summed E-state index contributed by atoms with van der Waals surface area (Å²) in [5.41, 5.74) is 0.442. The highest BCUT2D eigenvalue weighted by molar-refractivity contribution is 7.92. The van der Waals surface area contributed by atoms with Crippen molar-refractivity contribution >= 4 is 33.2 Å². The number of carbonyl (C=O) groups is 2. The van der Waals surface area contributed by atoms with Crippen LogP contribution in [0, 0.1) is 0 Å². The van der Waals surface area contributed by atoms with Gasteiger partial charge in [-0.2, -0.15) is 0 Å². The van der Waals surface area contributed by atoms with Crippen molar-refractivity contribution in [1.29, 1.82) is 0 Å². The Morgan fingerprint density at radius 3 is 2.34 bits per heavy atom. The maximum absolute atomic E-state index is 12.8. The predicted octanol–water partition coefficient (Wildman–Crippen LogP) is 2.71. The van der Waals surface area contributed by atoms with Gasteiger partial charge in [0.1, 0.15) is 18.1 Å². The summed E-state index contributed by atoms with van der Waals surface area (Å²) < 4.78 is 38.6. The minimum absolute atomic E-state index is 0.0808. The molecule has 152 valence electrons. The molecule has 2 aromatic carbocycles. The Bertz CT molecular complexity index is 1030. The Labute approximate surface area is 168 Å². The highest BCUT2D eigenvalue weighted by Gasteiger charge is 2.33. The van der Waals surface area contributed by atoms with Gasteiger partial charge in [-0.05, 0) is 42.5 Å². The number of hydrogen-bond donors (Lipinski definition) is 1. The van der Waals surface area contributed by atoms with Crippen LogP contribution < -0.4 is 19.1 Å². The van der Waals surface area contributed by atoms with Crippen LogP contribution in [0.2, 0.25) is 0 Å². The zero-order chi connectivity index (χ0) is 21.0. The normalized spacial score (nSPS) is 14.0. The Balaban J connectivity index is 1.89. The van der Waals surface area contributed by atoms with Crippen molar-refractivity contribution < 1.29 is 27.5 Å². The molecule has 1 aliphatic rings. The first-order chi connectivity index (χ1) is 13.9. The molecule has 29 heavy (non-hydrogen) atoms. The van der Waals surface area contributed by atoms with Crippen LogP contribution >= 0.6 is 0 Å². The highest BCUT2D eigenvalue weighted by Crippen LogP contribution is 2.34. The fourth-order valence-corrected chi connectivity index (χ4v) is 3.92. The minimum Gasteiger partial charge on any atom is -0.495 e. The molecule has 2 amide bonds. The second kappa shape index (κ2) is 8.36. The summed E-state index contributed by atoms with van der Waals surface area (Å²) >= 11 is 0. The van der Waals surface area contributed by atoms with E-state index in [4.69, 9.17) is 9.47 Å². The molecule has 8 nitrogen and oxygen atoms in total. The van der Waals surface area contributed by atoms with Crippen molar-refractivity contribution in [3.63, 3.8) is 0 Å². The average Bonchev–Trinajstić information content (AvgIpc) is 3.04. The summed E-state index contributed by atoms with van der Waals surface area (Å²) in [7, 11) is -2.59. The molecule has 1 aliphatic heterocycles. The van der Waals surface area contributed by atoms with Gasteiger partial charge in [0, 0.05) is 18.5 Å². The summed E-state index contributed by atoms with van der Waals surface area (Å²) in [6, 6.07) is 10.4. The fraction of sp³-hybridized carbons (Fsp3) is 0.200. The van der Waals surface area contributed by atoms with E-state index in [1.165, 1.54) is 25.3 Å². The average molecular weight is 416 g/mol. The van der Waals surface area contributed by atoms with Crippen molar-refractivity contribution in [1.82, 2.24) is 0 Å². The van der Waals surface area contributed by atoms with E-state index in [1.807, 2.05) is 0 Å². The molecular weight excluding hydrogens is 396 g/mol. The van der Waals surface area contributed by atoms with Gasteiger partial charge in [0.25, 0.3) is 10.0 Å². The predicted molar refractivity (Wildman–Crippen MR) is 108 cm³/mol. The Kier molecular flexibility index (Phi) is 5.88. The molecule has 3 rings (SSSR count). The van der Waals surface area contributed by atoms with E-state index >= 15 is 0 Å². The summed E-state index contributed by atoms with van der Waals surface area (Å²) in [4.78, 5) is 25.0. The Morgan fingerprint density at radius 2 is 1.76 bits per heavy atom. The zero-order valence-electron chi connectivity index (χ0n) is 15.8. The number of nitrogens with one attached hydrogen (secondary N) is 1. The molecule has 0 radical (unpaired) electrons. The first kappa shape index (κ1) is 20.4. The second-order valence-electron chi connectivity index (χ2n) is 6.19. The lowest BCUT2D eigenvalue weighted by Crippen LogP contribution is -2.29. The van der Waals surface area contributed by atoms with E-state index in [2.05, 4.69) is 11.3 Å². The standard InChI is InChI=1S/C20H20N2O6S/c1-3-12-28-15-6-4-14(5-7-15)21-29(25,26)16-8-9-18(27-2)17(13-16)22-19(23)10-11-20(22)24/h3-9,13,21H,1,10-12H2,2H3. The van der Waals surface area contributed by atoms with E-state index < -0.39 is 21.8 Å². The third-order valence-corrected chi connectivity index (χ3v) is 5.61. The van der Waals surface area contributed by atoms with Crippen molar-refractivity contribution in [3.05, 3.63) is 55.1 Å². The number of nitrogens with zero attached hydrogens (tertiary/aromatic N) is 1. The third kappa shape index (κ3) is 4.40. The molecular formula is C20H20N2O6S. The van der Waals surface area contributed by atoms with E-state index in [-0.39, 0.29) is 29.2 Å². The number of methoxy groups -OCH3 is 1. The zero-order valence-corrected chi connectivity index (χ0v) is 16.6. The van der Waals surface area contributed by atoms with Gasteiger partial charge in [-0.1, -0.05) is 12.7 Å². The molecule has 0 aliphatic carbocycles. The molecule has 0 aromatic heterocycles. The number of hydrogen-bond acceptors (Lipinski definition) is 6. The third-order valence-electron chi connectivity index (χ3n) is 4.23. The second-order valence-corrected chi connectivity index (χ2v) is 7.87. The van der Waals surface area contributed by atoms with Gasteiger partial charge in [0.15, 0.2) is 0 Å². The monoisotopic (exact) mass is 416 g/mol. The van der Waals surface area contributed by atoms with E-state index in [0.29, 0.717) is 18.0 Å². The molecule has 1 heterocycles. The lowest BCUT2D eigenvalue weighted by Gasteiger charge is -2.18. The lowest BCUT2D eigenvalue weighted by atomic mass is 10.2. The molecule has 0 atom stereocenters. The number of carbonyl (C=O) groups excluding carboxylic acids is 2. The number of imide groups is 1. The minimum atomic E-state index is -3.97. The van der Waals surface area contributed by atoms with Crippen LogP contribution in [-0.4, -0.2) is 33.9 Å². The van der Waals surface area contributed by atoms with Crippen molar-refractivity contribution in [2.75, 3.05) is 23.3 Å². The van der Waals surface area contributed by atoms with Crippen LogP contribution in [0.1, 0.15) is 12.8 Å². The first-order valence-electron chi connectivity index (χ1n) is 8.76. The number of benzene rings is 2. The number of rotatable bonds is 8. The van der Waals surface area contributed by atoms with Crippen LogP contribution in [0.25, 0.3) is 0 Å². The SMILES string of the molecule is C=CCOc1ccc(NS(=O)(=O)c2ccc(OC)c(N3C(=O)CCC3=O)c2)cc1. The topological polar surface area (TPSA) is 102 Å². The maximum Gasteiger partial charge on any atom is 0.261 e. The van der Waals surface area contributed by atoms with E-state index in [0.717, 1.165) is 4.90 Å². The van der Waals surface area contributed by atoms with Crippen molar-refractivity contribution in [2.24, 2.45) is 0 Å². The van der Waals surface area contributed by atoms with E-state index in [9.17, 15) is 18.0 Å². The largest absolute Gasteiger partial charge is 0.495 e. The van der Waals surface area contributed by atoms with Gasteiger partial charge in [-0.3, -0.25) is 14.3 Å².